The molecule has 0 spiro atoms. The van der Waals surface area contributed by atoms with Gasteiger partial charge in [0.25, 0.3) is 0 Å². The third-order valence-corrected chi connectivity index (χ3v) is 4.29. The van der Waals surface area contributed by atoms with E-state index in [-0.39, 0.29) is 5.78 Å². The van der Waals surface area contributed by atoms with Crippen molar-refractivity contribution in [3.8, 4) is 0 Å². The van der Waals surface area contributed by atoms with Crippen molar-refractivity contribution in [1.29, 1.82) is 0 Å². The summed E-state index contributed by atoms with van der Waals surface area (Å²) in [7, 11) is 0. The van der Waals surface area contributed by atoms with E-state index >= 15 is 0 Å². The van der Waals surface area contributed by atoms with Crippen molar-refractivity contribution in [3.63, 3.8) is 0 Å². The van der Waals surface area contributed by atoms with Crippen LogP contribution >= 0.6 is 34.2 Å². The van der Waals surface area contributed by atoms with Gasteiger partial charge in [-0.05, 0) is 52.9 Å². The Labute approximate surface area is 135 Å². The van der Waals surface area contributed by atoms with Crippen LogP contribution in [0.1, 0.15) is 10.4 Å². The predicted molar refractivity (Wildman–Crippen MR) is 90.4 cm³/mol. The smallest absolute Gasteiger partial charge is 0.182 e. The number of rotatable bonds is 3. The summed E-state index contributed by atoms with van der Waals surface area (Å²) in [6.07, 6.45) is 1.90. The number of fused-ring (bicyclic) bond motifs is 1. The number of nitrogens with zero attached hydrogens (tertiary/aromatic N) is 1. The first-order chi connectivity index (χ1) is 9.65. The summed E-state index contributed by atoms with van der Waals surface area (Å²) in [5.41, 5.74) is 1.71. The number of hydrogen-bond acceptors (Lipinski definition) is 1. The quantitative estimate of drug-likeness (QED) is 0.462. The topological polar surface area (TPSA) is 22.0 Å². The molecule has 0 N–H and O–H groups in total. The Morgan fingerprint density at radius 3 is 2.60 bits per heavy atom. The molecular formula is C16H11ClINO. The van der Waals surface area contributed by atoms with Crippen LogP contribution in [0.2, 0.25) is 5.02 Å². The number of Topliss-reactive ketones (excluding diaryl/α,β-unsaturated/α-hetero) is 1. The summed E-state index contributed by atoms with van der Waals surface area (Å²) in [6, 6.07) is 15.3. The van der Waals surface area contributed by atoms with Gasteiger partial charge in [0.05, 0.1) is 6.54 Å². The third-order valence-electron chi connectivity index (χ3n) is 3.24. The van der Waals surface area contributed by atoms with Gasteiger partial charge >= 0.3 is 0 Å². The molecule has 0 aliphatic rings. The zero-order valence-corrected chi connectivity index (χ0v) is 13.4. The van der Waals surface area contributed by atoms with E-state index < -0.39 is 0 Å². The average molecular weight is 396 g/mol. The highest BCUT2D eigenvalue weighted by Gasteiger charge is 2.09. The number of aromatic nitrogens is 1. The number of hydrogen-bond donors (Lipinski definition) is 0. The largest absolute Gasteiger partial charge is 0.340 e. The molecule has 0 atom stereocenters. The van der Waals surface area contributed by atoms with Gasteiger partial charge in [-0.25, -0.2) is 0 Å². The van der Waals surface area contributed by atoms with Crippen LogP contribution < -0.4 is 0 Å². The molecule has 100 valence electrons. The minimum absolute atomic E-state index is 0.0962. The Morgan fingerprint density at radius 2 is 1.85 bits per heavy atom. The lowest BCUT2D eigenvalue weighted by Crippen LogP contribution is -2.09. The second-order valence-corrected chi connectivity index (χ2v) is 6.20. The molecule has 1 heterocycles. The summed E-state index contributed by atoms with van der Waals surface area (Å²) < 4.78 is 3.05. The van der Waals surface area contributed by atoms with E-state index in [0.717, 1.165) is 20.0 Å². The van der Waals surface area contributed by atoms with Crippen LogP contribution in [-0.2, 0) is 6.54 Å². The van der Waals surface area contributed by atoms with Crippen LogP contribution in [-0.4, -0.2) is 10.4 Å². The Balaban J connectivity index is 1.91. The Kier molecular flexibility index (Phi) is 3.81. The first-order valence-corrected chi connectivity index (χ1v) is 7.63. The molecule has 2 nitrogen and oxygen atoms in total. The third kappa shape index (κ3) is 2.60. The summed E-state index contributed by atoms with van der Waals surface area (Å²) in [5.74, 6) is 0.0962. The minimum atomic E-state index is 0.0962. The first kappa shape index (κ1) is 13.6. The molecule has 0 fully saturated rings. The number of ketones is 1. The fraction of sp³-hybridized carbons (Fsp3) is 0.0625. The second-order valence-electron chi connectivity index (χ2n) is 4.55. The summed E-state index contributed by atoms with van der Waals surface area (Å²) in [5, 5.41) is 1.69. The molecule has 4 heteroatoms. The summed E-state index contributed by atoms with van der Waals surface area (Å²) in [6.45, 7) is 0.324. The van der Waals surface area contributed by atoms with Crippen molar-refractivity contribution in [3.05, 3.63) is 68.9 Å². The van der Waals surface area contributed by atoms with Gasteiger partial charge < -0.3 is 4.57 Å². The molecule has 0 bridgehead atoms. The van der Waals surface area contributed by atoms with E-state index in [0.29, 0.717) is 11.6 Å². The van der Waals surface area contributed by atoms with E-state index in [4.69, 9.17) is 11.6 Å². The second kappa shape index (κ2) is 5.58. The van der Waals surface area contributed by atoms with Crippen LogP contribution in [0.15, 0.2) is 54.7 Å². The van der Waals surface area contributed by atoms with Gasteiger partial charge in [-0.1, -0.05) is 29.8 Å². The van der Waals surface area contributed by atoms with E-state index in [9.17, 15) is 4.79 Å². The maximum absolute atomic E-state index is 12.3. The molecule has 3 aromatic rings. The van der Waals surface area contributed by atoms with Crippen LogP contribution in [0.5, 0.6) is 0 Å². The monoisotopic (exact) mass is 395 g/mol. The fourth-order valence-corrected chi connectivity index (χ4v) is 2.80. The number of benzene rings is 2. The van der Waals surface area contributed by atoms with Gasteiger partial charge in [0.2, 0.25) is 0 Å². The van der Waals surface area contributed by atoms with Gasteiger partial charge in [-0.15, -0.1) is 0 Å². The molecule has 0 radical (unpaired) electrons. The van der Waals surface area contributed by atoms with Gasteiger partial charge in [0.15, 0.2) is 5.78 Å². The van der Waals surface area contributed by atoms with Crippen molar-refractivity contribution < 1.29 is 4.79 Å². The maximum Gasteiger partial charge on any atom is 0.182 e. The molecule has 0 aliphatic heterocycles. The SMILES string of the molecule is O=C(Cn1ccc2c(Cl)cccc21)c1ccc(I)cc1. The molecule has 0 unspecified atom stereocenters. The Morgan fingerprint density at radius 1 is 1.10 bits per heavy atom. The van der Waals surface area contributed by atoms with Crippen molar-refractivity contribution in [2.75, 3.05) is 0 Å². The van der Waals surface area contributed by atoms with Crippen molar-refractivity contribution in [1.82, 2.24) is 4.57 Å². The van der Waals surface area contributed by atoms with Gasteiger partial charge in [-0.2, -0.15) is 0 Å². The van der Waals surface area contributed by atoms with Gasteiger partial charge in [0.1, 0.15) is 0 Å². The fourth-order valence-electron chi connectivity index (χ4n) is 2.21. The zero-order chi connectivity index (χ0) is 14.1. The first-order valence-electron chi connectivity index (χ1n) is 6.17. The van der Waals surface area contributed by atoms with Crippen LogP contribution in [0.4, 0.5) is 0 Å². The van der Waals surface area contributed by atoms with Crippen molar-refractivity contribution >= 4 is 50.9 Å². The predicted octanol–water partition coefficient (Wildman–Crippen LogP) is 4.78. The number of carbonyl (C=O) groups excluding carboxylic acids is 1. The molecule has 0 aliphatic carbocycles. The normalized spacial score (nSPS) is 10.9. The number of halogens is 2. The van der Waals surface area contributed by atoms with Crippen molar-refractivity contribution in [2.24, 2.45) is 0 Å². The highest BCUT2D eigenvalue weighted by molar-refractivity contribution is 14.1. The maximum atomic E-state index is 12.3. The molecule has 3 rings (SSSR count). The molecule has 0 saturated carbocycles. The lowest BCUT2D eigenvalue weighted by atomic mass is 10.1. The molecular weight excluding hydrogens is 385 g/mol. The van der Waals surface area contributed by atoms with E-state index in [2.05, 4.69) is 22.6 Å². The molecule has 2 aromatic carbocycles. The highest BCUT2D eigenvalue weighted by Crippen LogP contribution is 2.24. The molecule has 1 aromatic heterocycles. The molecule has 0 amide bonds. The Bertz CT molecular complexity index is 777. The lowest BCUT2D eigenvalue weighted by Gasteiger charge is -2.05. The van der Waals surface area contributed by atoms with E-state index in [1.165, 1.54) is 0 Å². The van der Waals surface area contributed by atoms with Gasteiger partial charge in [-0.3, -0.25) is 4.79 Å². The minimum Gasteiger partial charge on any atom is -0.340 e. The van der Waals surface area contributed by atoms with Crippen LogP contribution in [0.3, 0.4) is 0 Å². The Hall–Kier alpha value is -1.33. The molecule has 0 saturated heterocycles. The zero-order valence-electron chi connectivity index (χ0n) is 10.5. The molecule has 20 heavy (non-hydrogen) atoms. The summed E-state index contributed by atoms with van der Waals surface area (Å²) in [4.78, 5) is 12.3. The summed E-state index contributed by atoms with van der Waals surface area (Å²) >= 11 is 8.37. The van der Waals surface area contributed by atoms with E-state index in [1.54, 1.807) is 0 Å². The van der Waals surface area contributed by atoms with Gasteiger partial charge in [0, 0.05) is 31.3 Å². The average Bonchev–Trinajstić information content (AvgIpc) is 2.84. The van der Waals surface area contributed by atoms with Crippen LogP contribution in [0, 0.1) is 3.57 Å². The highest BCUT2D eigenvalue weighted by atomic mass is 127. The number of carbonyl (C=O) groups is 1. The van der Waals surface area contributed by atoms with Crippen molar-refractivity contribution in [2.45, 2.75) is 6.54 Å². The lowest BCUT2D eigenvalue weighted by molar-refractivity contribution is 0.0973. The van der Waals surface area contributed by atoms with Crippen LogP contribution in [0.25, 0.3) is 10.9 Å². The standard InChI is InChI=1S/C16H11ClINO/c17-14-2-1-3-15-13(14)8-9-19(15)10-16(20)11-4-6-12(18)7-5-11/h1-9H,10H2. The van der Waals surface area contributed by atoms with E-state index in [1.807, 2.05) is 59.3 Å².